The van der Waals surface area contributed by atoms with Gasteiger partial charge in [-0.25, -0.2) is 0 Å². The number of phenols is 1. The number of piperazine rings is 1. The molecule has 1 aromatic rings. The molecule has 2 fully saturated rings. The lowest BCUT2D eigenvalue weighted by atomic mass is 9.88. The summed E-state index contributed by atoms with van der Waals surface area (Å²) in [5.74, 6) is 1.94. The van der Waals surface area contributed by atoms with E-state index >= 15 is 0 Å². The topological polar surface area (TPSA) is 56.2 Å². The standard InChI is InChI=1S/C21H34N2O3/c1-26-20-7-8-21(25)18(13-20)15-22-10-11-23(19(16-22)9-12-24)14-17-5-3-2-4-6-17/h7-8,13,17,19,24-25H,2-6,9-12,14-16H2,1H3. The Kier molecular flexibility index (Phi) is 7.17. The van der Waals surface area contributed by atoms with E-state index in [1.54, 1.807) is 19.2 Å². The Morgan fingerprint density at radius 3 is 2.69 bits per heavy atom. The molecule has 0 radical (unpaired) electrons. The van der Waals surface area contributed by atoms with Gasteiger partial charge in [0.15, 0.2) is 0 Å². The highest BCUT2D eigenvalue weighted by Gasteiger charge is 2.29. The number of aromatic hydroxyl groups is 1. The summed E-state index contributed by atoms with van der Waals surface area (Å²) in [5.41, 5.74) is 0.910. The minimum absolute atomic E-state index is 0.240. The minimum atomic E-state index is 0.240. The van der Waals surface area contributed by atoms with Crippen molar-refractivity contribution in [1.29, 1.82) is 0 Å². The molecule has 146 valence electrons. The molecule has 5 nitrogen and oxygen atoms in total. The highest BCUT2D eigenvalue weighted by Crippen LogP contribution is 2.28. The Morgan fingerprint density at radius 1 is 1.15 bits per heavy atom. The zero-order valence-corrected chi connectivity index (χ0v) is 16.1. The molecule has 1 heterocycles. The van der Waals surface area contributed by atoms with Crippen LogP contribution in [-0.2, 0) is 6.54 Å². The predicted octanol–water partition coefficient (Wildman–Crippen LogP) is 2.85. The molecule has 1 aliphatic heterocycles. The van der Waals surface area contributed by atoms with Crippen molar-refractivity contribution in [2.75, 3.05) is 39.9 Å². The molecule has 1 saturated heterocycles. The Balaban J connectivity index is 1.60. The van der Waals surface area contributed by atoms with Crippen molar-refractivity contribution in [3.05, 3.63) is 23.8 Å². The quantitative estimate of drug-likeness (QED) is 0.781. The molecule has 0 spiro atoms. The average Bonchev–Trinajstić information content (AvgIpc) is 2.66. The molecular formula is C21H34N2O3. The van der Waals surface area contributed by atoms with Crippen LogP contribution in [0.4, 0.5) is 0 Å². The maximum atomic E-state index is 10.2. The number of nitrogens with zero attached hydrogens (tertiary/aromatic N) is 2. The van der Waals surface area contributed by atoms with E-state index < -0.39 is 0 Å². The molecule has 1 aromatic carbocycles. The van der Waals surface area contributed by atoms with Gasteiger partial charge in [-0.3, -0.25) is 9.80 Å². The van der Waals surface area contributed by atoms with E-state index in [0.29, 0.717) is 11.8 Å². The number of ether oxygens (including phenoxy) is 1. The molecule has 3 rings (SSSR count). The second-order valence-electron chi connectivity index (χ2n) is 7.89. The van der Waals surface area contributed by atoms with Crippen molar-refractivity contribution in [2.45, 2.75) is 51.1 Å². The molecule has 2 aliphatic rings. The highest BCUT2D eigenvalue weighted by molar-refractivity contribution is 5.39. The van der Waals surface area contributed by atoms with Crippen LogP contribution in [0.3, 0.4) is 0 Å². The molecule has 26 heavy (non-hydrogen) atoms. The summed E-state index contributed by atoms with van der Waals surface area (Å²) in [6, 6.07) is 5.82. The number of benzene rings is 1. The Labute approximate surface area is 157 Å². The molecule has 5 heteroatoms. The van der Waals surface area contributed by atoms with Gasteiger partial charge < -0.3 is 14.9 Å². The van der Waals surface area contributed by atoms with Gasteiger partial charge in [-0.05, 0) is 43.4 Å². The minimum Gasteiger partial charge on any atom is -0.508 e. The van der Waals surface area contributed by atoms with Gasteiger partial charge >= 0.3 is 0 Å². The van der Waals surface area contributed by atoms with Crippen LogP contribution in [0.15, 0.2) is 18.2 Å². The van der Waals surface area contributed by atoms with Gasteiger partial charge in [0.2, 0.25) is 0 Å². The van der Waals surface area contributed by atoms with E-state index in [2.05, 4.69) is 9.80 Å². The van der Waals surface area contributed by atoms with Crippen LogP contribution in [-0.4, -0.2) is 66.0 Å². The number of hydrogen-bond donors (Lipinski definition) is 2. The van der Waals surface area contributed by atoms with Crippen LogP contribution in [0.2, 0.25) is 0 Å². The van der Waals surface area contributed by atoms with E-state index in [9.17, 15) is 10.2 Å². The summed E-state index contributed by atoms with van der Waals surface area (Å²) in [4.78, 5) is 5.00. The van der Waals surface area contributed by atoms with Gasteiger partial charge in [-0.15, -0.1) is 0 Å². The normalized spacial score (nSPS) is 23.2. The highest BCUT2D eigenvalue weighted by atomic mass is 16.5. The Bertz CT molecular complexity index is 560. The number of aliphatic hydroxyl groups is 1. The van der Waals surface area contributed by atoms with Gasteiger partial charge in [0.1, 0.15) is 11.5 Å². The maximum absolute atomic E-state index is 10.2. The smallest absolute Gasteiger partial charge is 0.120 e. The summed E-state index contributed by atoms with van der Waals surface area (Å²) in [7, 11) is 1.65. The third-order valence-electron chi connectivity index (χ3n) is 6.05. The van der Waals surface area contributed by atoms with Gasteiger partial charge in [0.05, 0.1) is 7.11 Å². The lowest BCUT2D eigenvalue weighted by molar-refractivity contribution is 0.0397. The van der Waals surface area contributed by atoms with Crippen molar-refractivity contribution in [2.24, 2.45) is 5.92 Å². The van der Waals surface area contributed by atoms with Crippen molar-refractivity contribution in [3.8, 4) is 11.5 Å². The van der Waals surface area contributed by atoms with Crippen LogP contribution >= 0.6 is 0 Å². The maximum Gasteiger partial charge on any atom is 0.120 e. The lowest BCUT2D eigenvalue weighted by Gasteiger charge is -2.43. The molecule has 2 N–H and O–H groups in total. The third-order valence-corrected chi connectivity index (χ3v) is 6.05. The van der Waals surface area contributed by atoms with Crippen LogP contribution in [0.1, 0.15) is 44.1 Å². The van der Waals surface area contributed by atoms with E-state index in [1.165, 1.54) is 38.6 Å². The summed E-state index contributed by atoms with van der Waals surface area (Å²) in [6.07, 6.45) is 7.71. The van der Waals surface area contributed by atoms with Crippen molar-refractivity contribution in [1.82, 2.24) is 9.80 Å². The Morgan fingerprint density at radius 2 is 1.96 bits per heavy atom. The fraction of sp³-hybridized carbons (Fsp3) is 0.714. The van der Waals surface area contributed by atoms with Crippen molar-refractivity contribution in [3.63, 3.8) is 0 Å². The molecule has 0 amide bonds. The van der Waals surface area contributed by atoms with Crippen molar-refractivity contribution < 1.29 is 14.9 Å². The second kappa shape index (κ2) is 9.58. The van der Waals surface area contributed by atoms with E-state index in [4.69, 9.17) is 4.74 Å². The van der Waals surface area contributed by atoms with E-state index in [1.807, 2.05) is 6.07 Å². The molecule has 0 bridgehead atoms. The fourth-order valence-electron chi connectivity index (χ4n) is 4.52. The summed E-state index contributed by atoms with van der Waals surface area (Å²) in [6.45, 7) is 5.15. The first-order valence-corrected chi connectivity index (χ1v) is 10.1. The average molecular weight is 363 g/mol. The molecular weight excluding hydrogens is 328 g/mol. The van der Waals surface area contributed by atoms with E-state index in [0.717, 1.165) is 49.8 Å². The SMILES string of the molecule is COc1ccc(O)c(CN2CCN(CC3CCCCC3)C(CCO)C2)c1. The van der Waals surface area contributed by atoms with Crippen LogP contribution in [0.5, 0.6) is 11.5 Å². The van der Waals surface area contributed by atoms with Gasteiger partial charge in [0, 0.05) is 50.9 Å². The monoisotopic (exact) mass is 362 g/mol. The first-order chi connectivity index (χ1) is 12.7. The molecule has 1 atom stereocenters. The first-order valence-electron chi connectivity index (χ1n) is 10.1. The van der Waals surface area contributed by atoms with Gasteiger partial charge in [-0.1, -0.05) is 19.3 Å². The lowest BCUT2D eigenvalue weighted by Crippen LogP contribution is -2.54. The van der Waals surface area contributed by atoms with Crippen LogP contribution in [0.25, 0.3) is 0 Å². The van der Waals surface area contributed by atoms with E-state index in [-0.39, 0.29) is 6.61 Å². The molecule has 1 saturated carbocycles. The van der Waals surface area contributed by atoms with Crippen molar-refractivity contribution >= 4 is 0 Å². The number of methoxy groups -OCH3 is 1. The summed E-state index contributed by atoms with van der Waals surface area (Å²) >= 11 is 0. The van der Waals surface area contributed by atoms with Gasteiger partial charge in [-0.2, -0.15) is 0 Å². The molecule has 0 aromatic heterocycles. The summed E-state index contributed by atoms with van der Waals surface area (Å²) < 4.78 is 5.29. The molecule has 1 unspecified atom stereocenters. The zero-order chi connectivity index (χ0) is 18.4. The van der Waals surface area contributed by atoms with Crippen LogP contribution < -0.4 is 4.74 Å². The first kappa shape index (κ1) is 19.5. The zero-order valence-electron chi connectivity index (χ0n) is 16.1. The van der Waals surface area contributed by atoms with Gasteiger partial charge in [0.25, 0.3) is 0 Å². The molecule has 1 aliphatic carbocycles. The number of rotatable bonds is 7. The predicted molar refractivity (Wildman–Crippen MR) is 104 cm³/mol. The fourth-order valence-corrected chi connectivity index (χ4v) is 4.52. The number of hydrogen-bond acceptors (Lipinski definition) is 5. The summed E-state index contributed by atoms with van der Waals surface area (Å²) in [5, 5.41) is 19.7. The largest absolute Gasteiger partial charge is 0.508 e. The number of aliphatic hydroxyl groups excluding tert-OH is 1. The van der Waals surface area contributed by atoms with Crippen LogP contribution in [0, 0.1) is 5.92 Å². The third kappa shape index (κ3) is 5.12. The second-order valence-corrected chi connectivity index (χ2v) is 7.89. The number of phenolic OH excluding ortho intramolecular Hbond substituents is 1. The Hall–Kier alpha value is -1.30.